The maximum atomic E-state index is 11.7. The van der Waals surface area contributed by atoms with E-state index in [1.807, 2.05) is 99.6 Å². The molecule has 1 aromatic heterocycles. The third-order valence-electron chi connectivity index (χ3n) is 5.77. The fourth-order valence-corrected chi connectivity index (χ4v) is 3.91. The first kappa shape index (κ1) is 33.3. The second kappa shape index (κ2) is 20.3. The van der Waals surface area contributed by atoms with Crippen LogP contribution in [0.5, 0.6) is 5.75 Å². The Morgan fingerprint density at radius 3 is 1.87 bits per heavy atom. The molecule has 5 N–H and O–H groups in total. The van der Waals surface area contributed by atoms with E-state index < -0.39 is 5.91 Å². The number of carbonyl (C=O) groups is 1. The van der Waals surface area contributed by atoms with E-state index in [9.17, 15) is 4.79 Å². The molecule has 5 rings (SSSR count). The number of aliphatic hydroxyl groups is 1. The molecule has 0 radical (unpaired) electrons. The van der Waals surface area contributed by atoms with E-state index in [-0.39, 0.29) is 0 Å². The average Bonchev–Trinajstić information content (AvgIpc) is 3.61. The standard InChI is InChI=1S/C18H16N2O2.C7H9N.C5H10.C2H6.CH4O/c1-2-22-13-9-7-12(8-10-13)17-11-15(18(19)21)14-5-3-4-6-16(14)20-17;8-6-7-4-2-1-3-5-7;1-2-4-5-3-1;2*1-2/h3-11H,2H2,1H3,(H2,19,21);1-5H,6,8H2;1-5H2;1-2H3;2H,1H3. The number of fused-ring (bicyclic) bond motifs is 1. The highest BCUT2D eigenvalue weighted by molar-refractivity contribution is 6.06. The molecule has 1 aliphatic carbocycles. The molecule has 0 aliphatic heterocycles. The van der Waals surface area contributed by atoms with Gasteiger partial charge in [-0.2, -0.15) is 0 Å². The first-order valence-electron chi connectivity index (χ1n) is 13.7. The first-order valence-corrected chi connectivity index (χ1v) is 13.7. The van der Waals surface area contributed by atoms with Gasteiger partial charge in [0.25, 0.3) is 0 Å². The number of nitrogens with zero attached hydrogens (tertiary/aromatic N) is 1. The van der Waals surface area contributed by atoms with Crippen molar-refractivity contribution in [3.63, 3.8) is 0 Å². The third-order valence-corrected chi connectivity index (χ3v) is 5.77. The van der Waals surface area contributed by atoms with E-state index in [1.165, 1.54) is 37.7 Å². The number of hydrogen-bond donors (Lipinski definition) is 3. The summed E-state index contributed by atoms with van der Waals surface area (Å²) in [5.41, 5.74) is 14.9. The van der Waals surface area contributed by atoms with Crippen LogP contribution in [0.25, 0.3) is 22.2 Å². The summed E-state index contributed by atoms with van der Waals surface area (Å²) in [6, 6.07) is 26.8. The fraction of sp³-hybridized carbons (Fsp3) is 0.333. The summed E-state index contributed by atoms with van der Waals surface area (Å²) in [6.07, 6.45) is 7.50. The zero-order valence-corrected chi connectivity index (χ0v) is 23.9. The Bertz CT molecular complexity index is 1180. The predicted molar refractivity (Wildman–Crippen MR) is 164 cm³/mol. The lowest BCUT2D eigenvalue weighted by Crippen LogP contribution is -2.12. The second-order valence-electron chi connectivity index (χ2n) is 8.35. The van der Waals surface area contributed by atoms with E-state index in [0.717, 1.165) is 35.0 Å². The van der Waals surface area contributed by atoms with Crippen LogP contribution in [0.3, 0.4) is 0 Å². The van der Waals surface area contributed by atoms with Crippen LogP contribution in [0.4, 0.5) is 0 Å². The number of primary amides is 1. The molecule has 4 aromatic rings. The first-order chi connectivity index (χ1) is 19.1. The van der Waals surface area contributed by atoms with Crippen LogP contribution in [-0.4, -0.2) is 29.7 Å². The molecular formula is C33H45N3O3. The molecular weight excluding hydrogens is 486 g/mol. The molecule has 3 aromatic carbocycles. The number of hydrogen-bond acceptors (Lipinski definition) is 5. The van der Waals surface area contributed by atoms with Gasteiger partial charge in [0.1, 0.15) is 5.75 Å². The topological polar surface area (TPSA) is 111 Å². The zero-order valence-electron chi connectivity index (χ0n) is 23.9. The van der Waals surface area contributed by atoms with E-state index >= 15 is 0 Å². The van der Waals surface area contributed by atoms with Gasteiger partial charge in [0.05, 0.1) is 23.4 Å². The van der Waals surface area contributed by atoms with Gasteiger partial charge in [-0.05, 0) is 48.9 Å². The average molecular weight is 532 g/mol. The molecule has 6 heteroatoms. The molecule has 210 valence electrons. The minimum atomic E-state index is -0.453. The highest BCUT2D eigenvalue weighted by atomic mass is 16.5. The van der Waals surface area contributed by atoms with E-state index in [1.54, 1.807) is 6.07 Å². The van der Waals surface area contributed by atoms with Gasteiger partial charge in [0.15, 0.2) is 0 Å². The van der Waals surface area contributed by atoms with Crippen LogP contribution in [0.2, 0.25) is 0 Å². The van der Waals surface area contributed by atoms with Gasteiger partial charge in [0.2, 0.25) is 5.91 Å². The minimum Gasteiger partial charge on any atom is -0.494 e. The Morgan fingerprint density at radius 2 is 1.38 bits per heavy atom. The van der Waals surface area contributed by atoms with E-state index in [4.69, 9.17) is 21.3 Å². The van der Waals surface area contributed by atoms with Gasteiger partial charge >= 0.3 is 0 Å². The zero-order chi connectivity index (χ0) is 28.9. The molecule has 1 saturated carbocycles. The quantitative estimate of drug-likeness (QED) is 0.254. The fourth-order valence-electron chi connectivity index (χ4n) is 3.91. The molecule has 1 amide bonds. The van der Waals surface area contributed by atoms with E-state index in [2.05, 4.69) is 4.98 Å². The van der Waals surface area contributed by atoms with Crippen molar-refractivity contribution in [2.75, 3.05) is 13.7 Å². The number of pyridine rings is 1. The Labute approximate surface area is 234 Å². The van der Waals surface area contributed by atoms with Crippen LogP contribution in [-0.2, 0) is 6.54 Å². The van der Waals surface area contributed by atoms with Crippen LogP contribution in [0, 0.1) is 0 Å². The van der Waals surface area contributed by atoms with Crippen LogP contribution in [0.1, 0.15) is 68.8 Å². The van der Waals surface area contributed by atoms with Crippen molar-refractivity contribution < 1.29 is 14.6 Å². The lowest BCUT2D eigenvalue weighted by Gasteiger charge is -2.08. The molecule has 1 heterocycles. The summed E-state index contributed by atoms with van der Waals surface area (Å²) in [5.74, 6) is 0.355. The monoisotopic (exact) mass is 531 g/mol. The highest BCUT2D eigenvalue weighted by Gasteiger charge is 2.11. The second-order valence-corrected chi connectivity index (χ2v) is 8.35. The Morgan fingerprint density at radius 1 is 0.846 bits per heavy atom. The van der Waals surface area contributed by atoms with Crippen molar-refractivity contribution >= 4 is 16.8 Å². The summed E-state index contributed by atoms with van der Waals surface area (Å²) < 4.78 is 5.43. The highest BCUT2D eigenvalue weighted by Crippen LogP contribution is 2.26. The third kappa shape index (κ3) is 11.7. The van der Waals surface area contributed by atoms with Crippen molar-refractivity contribution in [3.05, 3.63) is 96.1 Å². The number of aromatic nitrogens is 1. The van der Waals surface area contributed by atoms with Crippen molar-refractivity contribution in [2.45, 2.75) is 59.4 Å². The smallest absolute Gasteiger partial charge is 0.249 e. The Hall–Kier alpha value is -3.74. The molecule has 0 saturated heterocycles. The van der Waals surface area contributed by atoms with Crippen molar-refractivity contribution in [1.29, 1.82) is 0 Å². The van der Waals surface area contributed by atoms with Gasteiger partial charge in [-0.3, -0.25) is 4.79 Å². The number of carbonyl (C=O) groups excluding carboxylic acids is 1. The minimum absolute atomic E-state index is 0.453. The Balaban J connectivity index is 0.000000365. The van der Waals surface area contributed by atoms with Gasteiger partial charge in [-0.25, -0.2) is 4.98 Å². The van der Waals surface area contributed by atoms with Crippen LogP contribution >= 0.6 is 0 Å². The van der Waals surface area contributed by atoms with Crippen LogP contribution in [0.15, 0.2) is 84.9 Å². The SMILES string of the molecule is C1CCCC1.CC.CCOc1ccc(-c2cc(C(N)=O)c3ccccc3n2)cc1.CO.NCc1ccccc1. The summed E-state index contributed by atoms with van der Waals surface area (Å²) in [5, 5.41) is 7.77. The number of rotatable bonds is 5. The number of para-hydroxylation sites is 1. The molecule has 0 unspecified atom stereocenters. The molecule has 0 bridgehead atoms. The molecule has 1 fully saturated rings. The molecule has 1 aliphatic rings. The van der Waals surface area contributed by atoms with E-state index in [0.29, 0.717) is 18.7 Å². The molecule has 6 nitrogen and oxygen atoms in total. The number of aliphatic hydroxyl groups excluding tert-OH is 1. The number of nitrogens with two attached hydrogens (primary N) is 2. The van der Waals surface area contributed by atoms with Gasteiger partial charge in [-0.1, -0.05) is 94.5 Å². The number of ether oxygens (including phenoxy) is 1. The Kier molecular flexibility index (Phi) is 17.3. The van der Waals surface area contributed by atoms with Gasteiger partial charge in [0, 0.05) is 24.6 Å². The maximum absolute atomic E-state index is 11.7. The lowest BCUT2D eigenvalue weighted by atomic mass is 10.0. The molecule has 0 spiro atoms. The predicted octanol–water partition coefficient (Wildman–Crippen LogP) is 7.13. The van der Waals surface area contributed by atoms with Gasteiger partial charge in [-0.15, -0.1) is 0 Å². The number of amides is 1. The summed E-state index contributed by atoms with van der Waals surface area (Å²) in [6.45, 7) is 7.21. The summed E-state index contributed by atoms with van der Waals surface area (Å²) >= 11 is 0. The van der Waals surface area contributed by atoms with Crippen LogP contribution < -0.4 is 16.2 Å². The summed E-state index contributed by atoms with van der Waals surface area (Å²) in [4.78, 5) is 16.3. The van der Waals surface area contributed by atoms with Crippen molar-refractivity contribution in [2.24, 2.45) is 11.5 Å². The normalized spacial score (nSPS) is 11.2. The molecule has 39 heavy (non-hydrogen) atoms. The van der Waals surface area contributed by atoms with Crippen molar-refractivity contribution in [1.82, 2.24) is 4.98 Å². The lowest BCUT2D eigenvalue weighted by molar-refractivity contribution is 0.100. The summed E-state index contributed by atoms with van der Waals surface area (Å²) in [7, 11) is 1.00. The number of benzene rings is 3. The largest absolute Gasteiger partial charge is 0.494 e. The van der Waals surface area contributed by atoms with Crippen molar-refractivity contribution in [3.8, 4) is 17.0 Å². The maximum Gasteiger partial charge on any atom is 0.249 e. The molecule has 0 atom stereocenters. The van der Waals surface area contributed by atoms with Gasteiger partial charge < -0.3 is 21.3 Å².